The van der Waals surface area contributed by atoms with Crippen LogP contribution in [0.3, 0.4) is 0 Å². The molecule has 2 aromatic rings. The van der Waals surface area contributed by atoms with E-state index < -0.39 is 0 Å². The highest BCUT2D eigenvalue weighted by atomic mass is 32.2. The lowest BCUT2D eigenvalue weighted by atomic mass is 9.95. The third-order valence-corrected chi connectivity index (χ3v) is 6.00. The van der Waals surface area contributed by atoms with Crippen molar-refractivity contribution in [2.75, 3.05) is 5.75 Å². The van der Waals surface area contributed by atoms with E-state index in [0.29, 0.717) is 11.8 Å². The second-order valence-corrected chi connectivity index (χ2v) is 7.89. The summed E-state index contributed by atoms with van der Waals surface area (Å²) >= 11 is 3.13. The maximum Gasteiger partial charge on any atom is 0.230 e. The number of hydrogen-bond donors (Lipinski definition) is 1. The molecule has 1 aromatic carbocycles. The van der Waals surface area contributed by atoms with Crippen LogP contribution in [0.25, 0.3) is 10.6 Å². The monoisotopic (exact) mass is 364 g/mol. The number of thioether (sulfide) groups is 1. The van der Waals surface area contributed by atoms with E-state index in [1.54, 1.807) is 35.2 Å². The topological polar surface area (TPSA) is 42.0 Å². The average Bonchev–Trinajstić information content (AvgIpc) is 3.05. The van der Waals surface area contributed by atoms with Crippen LogP contribution in [-0.2, 0) is 10.5 Å². The standard InChI is InChI=1S/C18H21FN2OS2/c19-14-8-6-13(7-9-14)18-21-16(11-24-18)10-23-12-17(22)20-15-4-2-1-3-5-15/h6-9,11,15H,1-5,10,12H2,(H,20,22). The molecule has 0 aliphatic heterocycles. The number of nitrogens with zero attached hydrogens (tertiary/aromatic N) is 1. The smallest absolute Gasteiger partial charge is 0.230 e. The van der Waals surface area contributed by atoms with Crippen LogP contribution in [0.2, 0.25) is 0 Å². The van der Waals surface area contributed by atoms with Gasteiger partial charge < -0.3 is 5.32 Å². The molecular weight excluding hydrogens is 343 g/mol. The van der Waals surface area contributed by atoms with Gasteiger partial charge in [0.05, 0.1) is 11.4 Å². The predicted molar refractivity (Wildman–Crippen MR) is 98.7 cm³/mol. The maximum absolute atomic E-state index is 13.0. The molecule has 3 rings (SSSR count). The first-order valence-electron chi connectivity index (χ1n) is 8.28. The molecule has 6 heteroatoms. The summed E-state index contributed by atoms with van der Waals surface area (Å²) in [6, 6.07) is 6.74. The van der Waals surface area contributed by atoms with Gasteiger partial charge in [0.25, 0.3) is 0 Å². The molecule has 1 saturated carbocycles. The number of nitrogens with one attached hydrogen (secondary N) is 1. The molecule has 1 amide bonds. The fraction of sp³-hybridized carbons (Fsp3) is 0.444. The van der Waals surface area contributed by atoms with E-state index in [2.05, 4.69) is 10.3 Å². The SMILES string of the molecule is O=C(CSCc1csc(-c2ccc(F)cc2)n1)NC1CCCCC1. The zero-order valence-electron chi connectivity index (χ0n) is 13.5. The molecule has 1 fully saturated rings. The molecular formula is C18H21FN2OS2. The summed E-state index contributed by atoms with van der Waals surface area (Å²) in [5, 5.41) is 6.02. The third kappa shape index (κ3) is 5.05. The van der Waals surface area contributed by atoms with E-state index in [4.69, 9.17) is 0 Å². The van der Waals surface area contributed by atoms with Crippen LogP contribution >= 0.6 is 23.1 Å². The molecule has 0 spiro atoms. The summed E-state index contributed by atoms with van der Waals surface area (Å²) < 4.78 is 13.0. The Balaban J connectivity index is 1.43. The Kier molecular flexibility index (Phi) is 6.26. The second-order valence-electron chi connectivity index (χ2n) is 6.05. The molecule has 3 nitrogen and oxygen atoms in total. The van der Waals surface area contributed by atoms with E-state index in [1.807, 2.05) is 5.38 Å². The molecule has 1 N–H and O–H groups in total. The van der Waals surface area contributed by atoms with Gasteiger partial charge in [0.2, 0.25) is 5.91 Å². The number of carbonyl (C=O) groups is 1. The van der Waals surface area contributed by atoms with Gasteiger partial charge in [0.1, 0.15) is 10.8 Å². The van der Waals surface area contributed by atoms with Gasteiger partial charge in [0.15, 0.2) is 0 Å². The molecule has 24 heavy (non-hydrogen) atoms. The number of amides is 1. The Morgan fingerprint density at radius 1 is 1.25 bits per heavy atom. The lowest BCUT2D eigenvalue weighted by Crippen LogP contribution is -2.37. The molecule has 1 heterocycles. The fourth-order valence-corrected chi connectivity index (χ4v) is 4.52. The van der Waals surface area contributed by atoms with E-state index in [-0.39, 0.29) is 11.7 Å². The average molecular weight is 365 g/mol. The summed E-state index contributed by atoms with van der Waals surface area (Å²) in [7, 11) is 0. The number of carbonyl (C=O) groups excluding carboxylic acids is 1. The lowest BCUT2D eigenvalue weighted by molar-refractivity contribution is -0.119. The maximum atomic E-state index is 13.0. The zero-order chi connectivity index (χ0) is 16.8. The quantitative estimate of drug-likeness (QED) is 0.812. The summed E-state index contributed by atoms with van der Waals surface area (Å²) in [4.78, 5) is 16.5. The molecule has 0 radical (unpaired) electrons. The van der Waals surface area contributed by atoms with Gasteiger partial charge >= 0.3 is 0 Å². The highest BCUT2D eigenvalue weighted by molar-refractivity contribution is 7.99. The van der Waals surface area contributed by atoms with Crippen molar-refractivity contribution in [3.05, 3.63) is 41.2 Å². The van der Waals surface area contributed by atoms with E-state index in [0.717, 1.165) is 34.9 Å². The van der Waals surface area contributed by atoms with Gasteiger partial charge in [-0.05, 0) is 37.1 Å². The Hall–Kier alpha value is -1.40. The van der Waals surface area contributed by atoms with Gasteiger partial charge in [-0.3, -0.25) is 4.79 Å². The first-order valence-corrected chi connectivity index (χ1v) is 10.3. The predicted octanol–water partition coefficient (Wildman–Crippen LogP) is 4.63. The van der Waals surface area contributed by atoms with E-state index in [1.165, 1.54) is 31.4 Å². The number of halogens is 1. The van der Waals surface area contributed by atoms with Crippen molar-refractivity contribution in [3.8, 4) is 10.6 Å². The van der Waals surface area contributed by atoms with Crippen LogP contribution in [0.1, 0.15) is 37.8 Å². The van der Waals surface area contributed by atoms with Gasteiger partial charge in [0, 0.05) is 22.7 Å². The van der Waals surface area contributed by atoms with Crippen LogP contribution in [0.5, 0.6) is 0 Å². The number of benzene rings is 1. The van der Waals surface area contributed by atoms with Crippen LogP contribution in [0.4, 0.5) is 4.39 Å². The van der Waals surface area contributed by atoms with Gasteiger partial charge in [-0.2, -0.15) is 0 Å². The first-order chi connectivity index (χ1) is 11.7. The highest BCUT2D eigenvalue weighted by Crippen LogP contribution is 2.25. The summed E-state index contributed by atoms with van der Waals surface area (Å²) in [6.07, 6.45) is 5.97. The van der Waals surface area contributed by atoms with Crippen LogP contribution < -0.4 is 5.32 Å². The minimum absolute atomic E-state index is 0.126. The van der Waals surface area contributed by atoms with Crippen molar-refractivity contribution in [3.63, 3.8) is 0 Å². The van der Waals surface area contributed by atoms with Crippen LogP contribution in [0, 0.1) is 5.82 Å². The Bertz CT molecular complexity index is 666. The number of hydrogen-bond acceptors (Lipinski definition) is 4. The van der Waals surface area contributed by atoms with Crippen molar-refractivity contribution in [2.45, 2.75) is 43.9 Å². The van der Waals surface area contributed by atoms with Gasteiger partial charge in [-0.15, -0.1) is 23.1 Å². The van der Waals surface area contributed by atoms with Gasteiger partial charge in [-0.25, -0.2) is 9.37 Å². The minimum Gasteiger partial charge on any atom is -0.353 e. The lowest BCUT2D eigenvalue weighted by Gasteiger charge is -2.22. The van der Waals surface area contributed by atoms with Crippen molar-refractivity contribution < 1.29 is 9.18 Å². The Morgan fingerprint density at radius 3 is 2.75 bits per heavy atom. The van der Waals surface area contributed by atoms with Crippen molar-refractivity contribution in [1.82, 2.24) is 10.3 Å². The molecule has 1 aliphatic rings. The molecule has 0 bridgehead atoms. The first kappa shape index (κ1) is 17.4. The molecule has 0 unspecified atom stereocenters. The largest absolute Gasteiger partial charge is 0.353 e. The molecule has 1 aliphatic carbocycles. The number of aromatic nitrogens is 1. The molecule has 0 saturated heterocycles. The fourth-order valence-electron chi connectivity index (χ4n) is 2.86. The van der Waals surface area contributed by atoms with E-state index >= 15 is 0 Å². The third-order valence-electron chi connectivity index (χ3n) is 4.10. The van der Waals surface area contributed by atoms with Crippen molar-refractivity contribution >= 4 is 29.0 Å². The Morgan fingerprint density at radius 2 is 2.00 bits per heavy atom. The summed E-state index contributed by atoms with van der Waals surface area (Å²) in [5.41, 5.74) is 1.89. The van der Waals surface area contributed by atoms with Crippen molar-refractivity contribution in [2.24, 2.45) is 0 Å². The highest BCUT2D eigenvalue weighted by Gasteiger charge is 2.15. The van der Waals surface area contributed by atoms with Crippen LogP contribution in [-0.4, -0.2) is 22.7 Å². The molecule has 0 atom stereocenters. The zero-order valence-corrected chi connectivity index (χ0v) is 15.1. The number of rotatable bonds is 6. The van der Waals surface area contributed by atoms with Crippen LogP contribution in [0.15, 0.2) is 29.6 Å². The van der Waals surface area contributed by atoms with Gasteiger partial charge in [-0.1, -0.05) is 19.3 Å². The summed E-state index contributed by atoms with van der Waals surface area (Å²) in [5.74, 6) is 1.08. The molecule has 1 aromatic heterocycles. The normalized spacial score (nSPS) is 15.4. The van der Waals surface area contributed by atoms with Crippen molar-refractivity contribution in [1.29, 1.82) is 0 Å². The second kappa shape index (κ2) is 8.62. The summed E-state index contributed by atoms with van der Waals surface area (Å²) in [6.45, 7) is 0. The minimum atomic E-state index is -0.241. The van der Waals surface area contributed by atoms with E-state index in [9.17, 15) is 9.18 Å². The molecule has 128 valence electrons. The Labute approximate surface area is 150 Å². The number of thiazole rings is 1.